The largest absolute Gasteiger partial charge is 0.271 e. The Kier molecular flexibility index (Phi) is 4.46. The Hall–Kier alpha value is 0.414. The van der Waals surface area contributed by atoms with Crippen LogP contribution < -0.4 is 0 Å². The Morgan fingerprint density at radius 1 is 1.56 bits per heavy atom. The Morgan fingerprint density at radius 3 is 2.56 bits per heavy atom. The molecule has 0 fully saturated rings. The molecule has 1 radical (unpaired) electrons. The first kappa shape index (κ1) is 9.41. The number of rotatable bonds is 0. The van der Waals surface area contributed by atoms with Gasteiger partial charge in [-0.05, 0) is 6.20 Å². The fourth-order valence-corrected chi connectivity index (χ4v) is 0.639. The van der Waals surface area contributed by atoms with Gasteiger partial charge in [0.05, 0.1) is 5.15 Å². The average molecular weight is 215 g/mol. The quantitative estimate of drug-likeness (QED) is 0.476. The van der Waals surface area contributed by atoms with Crippen LogP contribution in [0, 0.1) is 6.92 Å². The molecule has 1 aromatic heterocycles. The molecule has 1 aromatic rings. The van der Waals surface area contributed by atoms with Gasteiger partial charge in [0.1, 0.15) is 0 Å². The third kappa shape index (κ3) is 3.19. The third-order valence-corrected chi connectivity index (χ3v) is 0.998. The van der Waals surface area contributed by atoms with Crippen molar-refractivity contribution in [1.82, 2.24) is 4.98 Å². The molecule has 0 aliphatic carbocycles. The zero-order valence-electron chi connectivity index (χ0n) is 4.84. The summed E-state index contributed by atoms with van der Waals surface area (Å²) in [5, 5.41) is 0.498. The molecule has 3 heteroatoms. The van der Waals surface area contributed by atoms with Crippen LogP contribution in [0.1, 0.15) is 5.56 Å². The second kappa shape index (κ2) is 4.26. The van der Waals surface area contributed by atoms with Crippen LogP contribution in [0.15, 0.2) is 18.3 Å². The summed E-state index contributed by atoms with van der Waals surface area (Å²) in [6.45, 7) is 3.66. The fourth-order valence-electron chi connectivity index (χ4n) is 0.443. The molecule has 0 aliphatic rings. The van der Waals surface area contributed by atoms with Gasteiger partial charge >= 0.3 is 0 Å². The number of aromatic nitrogens is 1. The zero-order chi connectivity index (χ0) is 5.98. The molecule has 0 bridgehead atoms. The normalized spacial score (nSPS) is 8.11. The molecule has 0 N–H and O–H groups in total. The fraction of sp³-hybridized carbons (Fsp3) is 0. The maximum absolute atomic E-state index is 5.49. The van der Waals surface area contributed by atoms with Crippen molar-refractivity contribution in [1.29, 1.82) is 0 Å². The van der Waals surface area contributed by atoms with Gasteiger partial charge < -0.3 is 0 Å². The predicted molar refractivity (Wildman–Crippen MR) is 33.7 cm³/mol. The molecule has 9 heavy (non-hydrogen) atoms. The van der Waals surface area contributed by atoms with Crippen molar-refractivity contribution in [2.45, 2.75) is 0 Å². The van der Waals surface area contributed by atoms with Gasteiger partial charge in [-0.3, -0.25) is 4.98 Å². The molecule has 0 saturated carbocycles. The van der Waals surface area contributed by atoms with Crippen LogP contribution in [0.2, 0.25) is 5.15 Å². The molecular formula is C6H5ClNY-. The van der Waals surface area contributed by atoms with Crippen LogP contribution in [0.5, 0.6) is 0 Å². The van der Waals surface area contributed by atoms with Gasteiger partial charge in [0.15, 0.2) is 0 Å². The molecule has 45 valence electrons. The summed E-state index contributed by atoms with van der Waals surface area (Å²) in [4.78, 5) is 3.77. The Morgan fingerprint density at radius 2 is 2.22 bits per heavy atom. The van der Waals surface area contributed by atoms with E-state index in [1.165, 1.54) is 0 Å². The van der Waals surface area contributed by atoms with E-state index in [0.717, 1.165) is 5.56 Å². The number of nitrogens with zero attached hydrogens (tertiary/aromatic N) is 1. The first-order chi connectivity index (χ1) is 3.79. The first-order valence-electron chi connectivity index (χ1n) is 2.22. The van der Waals surface area contributed by atoms with Crippen LogP contribution in [0.4, 0.5) is 0 Å². The summed E-state index contributed by atoms with van der Waals surface area (Å²) in [6, 6.07) is 3.51. The van der Waals surface area contributed by atoms with E-state index in [1.807, 2.05) is 0 Å². The van der Waals surface area contributed by atoms with E-state index in [0.29, 0.717) is 5.15 Å². The summed E-state index contributed by atoms with van der Waals surface area (Å²) < 4.78 is 0. The van der Waals surface area contributed by atoms with Crippen LogP contribution in [0.3, 0.4) is 0 Å². The van der Waals surface area contributed by atoms with Crippen molar-refractivity contribution in [3.63, 3.8) is 0 Å². The number of hydrogen-bond donors (Lipinski definition) is 0. The molecule has 1 rings (SSSR count). The van der Waals surface area contributed by atoms with Crippen molar-refractivity contribution < 1.29 is 32.7 Å². The average Bonchev–Trinajstić information content (AvgIpc) is 1.64. The van der Waals surface area contributed by atoms with Gasteiger partial charge in [-0.2, -0.15) is 12.5 Å². The van der Waals surface area contributed by atoms with Gasteiger partial charge in [-0.25, -0.2) is 0 Å². The van der Waals surface area contributed by atoms with Crippen LogP contribution in [-0.4, -0.2) is 4.98 Å². The molecule has 0 aromatic carbocycles. The van der Waals surface area contributed by atoms with Gasteiger partial charge in [0.2, 0.25) is 0 Å². The number of halogens is 1. The van der Waals surface area contributed by atoms with E-state index in [-0.39, 0.29) is 32.7 Å². The van der Waals surface area contributed by atoms with E-state index in [1.54, 1.807) is 18.3 Å². The van der Waals surface area contributed by atoms with Crippen LogP contribution in [-0.2, 0) is 32.7 Å². The second-order valence-corrected chi connectivity index (χ2v) is 1.87. The molecule has 1 heterocycles. The summed E-state index contributed by atoms with van der Waals surface area (Å²) in [7, 11) is 0. The Bertz CT molecular complexity index is 173. The molecule has 0 amide bonds. The topological polar surface area (TPSA) is 12.9 Å². The van der Waals surface area contributed by atoms with Crippen molar-refractivity contribution >= 4 is 11.6 Å². The first-order valence-corrected chi connectivity index (χ1v) is 2.60. The van der Waals surface area contributed by atoms with Crippen LogP contribution in [0.25, 0.3) is 0 Å². The smallest absolute Gasteiger partial charge is 0.0736 e. The van der Waals surface area contributed by atoms with Crippen molar-refractivity contribution in [2.24, 2.45) is 0 Å². The summed E-state index contributed by atoms with van der Waals surface area (Å²) in [6.07, 6.45) is 1.63. The number of hydrogen-bond acceptors (Lipinski definition) is 1. The molecule has 0 unspecified atom stereocenters. The maximum Gasteiger partial charge on any atom is 0.0736 e. The molecule has 0 atom stereocenters. The molecule has 0 aliphatic heterocycles. The molecule has 1 nitrogen and oxygen atoms in total. The molecule has 0 spiro atoms. The molecule has 0 saturated heterocycles. The minimum atomic E-state index is 0. The Labute approximate surface area is 84.7 Å². The predicted octanol–water partition coefficient (Wildman–Crippen LogP) is 1.91. The third-order valence-electron chi connectivity index (χ3n) is 0.791. The van der Waals surface area contributed by atoms with Crippen molar-refractivity contribution in [3.8, 4) is 0 Å². The standard InChI is InChI=1S/C6H5ClN.Y/c1-5-2-3-8-6(7)4-5;/h2-4H,1H2;/q-1;. The summed E-state index contributed by atoms with van der Waals surface area (Å²) in [5.74, 6) is 0. The van der Waals surface area contributed by atoms with Gasteiger partial charge in [-0.1, -0.05) is 11.6 Å². The monoisotopic (exact) mass is 215 g/mol. The van der Waals surface area contributed by atoms with E-state index in [4.69, 9.17) is 11.6 Å². The van der Waals surface area contributed by atoms with Gasteiger partial charge in [0, 0.05) is 32.7 Å². The summed E-state index contributed by atoms with van der Waals surface area (Å²) in [5.41, 5.74) is 0.894. The maximum atomic E-state index is 5.49. The molecular weight excluding hydrogens is 210 g/mol. The summed E-state index contributed by atoms with van der Waals surface area (Å²) >= 11 is 5.49. The van der Waals surface area contributed by atoms with E-state index in [9.17, 15) is 0 Å². The van der Waals surface area contributed by atoms with Gasteiger partial charge in [-0.15, -0.1) is 12.1 Å². The van der Waals surface area contributed by atoms with E-state index >= 15 is 0 Å². The van der Waals surface area contributed by atoms with Gasteiger partial charge in [0.25, 0.3) is 0 Å². The van der Waals surface area contributed by atoms with Crippen molar-refractivity contribution in [2.75, 3.05) is 0 Å². The zero-order valence-corrected chi connectivity index (χ0v) is 8.44. The van der Waals surface area contributed by atoms with Crippen molar-refractivity contribution in [3.05, 3.63) is 36.0 Å². The van der Waals surface area contributed by atoms with Crippen LogP contribution >= 0.6 is 11.6 Å². The second-order valence-electron chi connectivity index (χ2n) is 1.49. The van der Waals surface area contributed by atoms with E-state index < -0.39 is 0 Å². The van der Waals surface area contributed by atoms with E-state index in [2.05, 4.69) is 11.9 Å². The SMILES string of the molecule is [CH2-]c1ccnc(Cl)c1.[Y]. The minimum Gasteiger partial charge on any atom is -0.271 e. The number of pyridine rings is 1. The Balaban J connectivity index is 0.000000640. The minimum absolute atomic E-state index is 0.